The molecule has 0 radical (unpaired) electrons. The number of aromatic nitrogens is 1. The van der Waals surface area contributed by atoms with Crippen molar-refractivity contribution >= 4 is 17.8 Å². The van der Waals surface area contributed by atoms with Crippen LogP contribution < -0.4 is 5.32 Å². The van der Waals surface area contributed by atoms with Gasteiger partial charge in [-0.25, -0.2) is 4.79 Å². The van der Waals surface area contributed by atoms with Gasteiger partial charge in [0.15, 0.2) is 0 Å². The van der Waals surface area contributed by atoms with Gasteiger partial charge in [0.2, 0.25) is 5.91 Å². The zero-order chi connectivity index (χ0) is 24.0. The van der Waals surface area contributed by atoms with E-state index in [0.29, 0.717) is 42.1 Å². The maximum Gasteiger partial charge on any atom is 0.340 e. The molecule has 1 atom stereocenters. The summed E-state index contributed by atoms with van der Waals surface area (Å²) in [5, 5.41) is 3.09. The Morgan fingerprint density at radius 2 is 1.76 bits per heavy atom. The average Bonchev–Trinajstić information content (AvgIpc) is 2.93. The van der Waals surface area contributed by atoms with Crippen LogP contribution in [0.2, 0.25) is 0 Å². The highest BCUT2D eigenvalue weighted by Crippen LogP contribution is 2.24. The van der Waals surface area contributed by atoms with Crippen molar-refractivity contribution in [2.45, 2.75) is 72.3 Å². The molecule has 0 spiro atoms. The van der Waals surface area contributed by atoms with Crippen LogP contribution in [-0.2, 0) is 9.53 Å². The number of carbonyl (C=O) groups is 3. The van der Waals surface area contributed by atoms with Crippen LogP contribution in [0, 0.1) is 19.8 Å². The van der Waals surface area contributed by atoms with Gasteiger partial charge < -0.3 is 24.8 Å². The topological polar surface area (TPSA) is 94.7 Å². The molecule has 8 heteroatoms. The lowest BCUT2D eigenvalue weighted by molar-refractivity contribution is -0.126. The molecular formula is C25H40N4O4. The first kappa shape index (κ1) is 25.3. The van der Waals surface area contributed by atoms with Crippen LogP contribution in [0.1, 0.15) is 84.5 Å². The number of aryl methyl sites for hydroxylation is 1. The van der Waals surface area contributed by atoms with E-state index in [-0.39, 0.29) is 23.8 Å². The molecule has 1 aromatic rings. The molecule has 184 valence electrons. The van der Waals surface area contributed by atoms with Crippen LogP contribution in [0.15, 0.2) is 0 Å². The summed E-state index contributed by atoms with van der Waals surface area (Å²) in [5.41, 5.74) is 2.06. The lowest BCUT2D eigenvalue weighted by Crippen LogP contribution is -2.46. The van der Waals surface area contributed by atoms with E-state index in [4.69, 9.17) is 4.74 Å². The molecule has 0 unspecified atom stereocenters. The van der Waals surface area contributed by atoms with Crippen LogP contribution in [0.5, 0.6) is 0 Å². The summed E-state index contributed by atoms with van der Waals surface area (Å²) in [6.45, 7) is 11.9. The summed E-state index contributed by atoms with van der Waals surface area (Å²) < 4.78 is 5.33. The van der Waals surface area contributed by atoms with Gasteiger partial charge >= 0.3 is 5.97 Å². The lowest BCUT2D eigenvalue weighted by Gasteiger charge is -2.32. The second kappa shape index (κ2) is 11.7. The predicted octanol–water partition coefficient (Wildman–Crippen LogP) is 3.04. The monoisotopic (exact) mass is 460 g/mol. The summed E-state index contributed by atoms with van der Waals surface area (Å²) >= 11 is 0. The molecule has 0 aromatic carbocycles. The van der Waals surface area contributed by atoms with Crippen molar-refractivity contribution < 1.29 is 19.1 Å². The first-order valence-electron chi connectivity index (χ1n) is 12.5. The number of piperidine rings is 1. The second-order valence-electron chi connectivity index (χ2n) is 9.72. The van der Waals surface area contributed by atoms with E-state index in [2.05, 4.69) is 15.2 Å². The van der Waals surface area contributed by atoms with Gasteiger partial charge in [0, 0.05) is 31.9 Å². The molecule has 2 N–H and O–H groups in total. The van der Waals surface area contributed by atoms with Crippen molar-refractivity contribution in [3.05, 3.63) is 22.5 Å². The Morgan fingerprint density at radius 1 is 1.06 bits per heavy atom. The normalized spacial score (nSPS) is 19.9. The van der Waals surface area contributed by atoms with Crippen molar-refractivity contribution in [3.63, 3.8) is 0 Å². The number of H-pyrrole nitrogens is 1. The van der Waals surface area contributed by atoms with Gasteiger partial charge in [-0.05, 0) is 72.0 Å². The largest absolute Gasteiger partial charge is 0.459 e. The molecule has 1 aromatic heterocycles. The number of carbonyl (C=O) groups excluding carboxylic acids is 3. The van der Waals surface area contributed by atoms with Gasteiger partial charge in [-0.2, -0.15) is 0 Å². The number of ether oxygens (including phenoxy) is 1. The molecule has 2 saturated heterocycles. The van der Waals surface area contributed by atoms with Gasteiger partial charge in [-0.3, -0.25) is 9.59 Å². The van der Waals surface area contributed by atoms with Gasteiger partial charge in [0.25, 0.3) is 5.91 Å². The smallest absolute Gasteiger partial charge is 0.340 e. The summed E-state index contributed by atoms with van der Waals surface area (Å²) in [7, 11) is 0. The van der Waals surface area contributed by atoms with Crippen LogP contribution >= 0.6 is 0 Å². The van der Waals surface area contributed by atoms with Crippen LogP contribution in [0.3, 0.4) is 0 Å². The SMILES string of the molecule is Cc1[nH]c(C(=O)N2CCC[C@@H](C(=O)NCCN3CCCCCC3)C2)c(C)c1C(=O)OC(C)C. The van der Waals surface area contributed by atoms with Gasteiger partial charge in [-0.15, -0.1) is 0 Å². The van der Waals surface area contributed by atoms with Crippen molar-refractivity contribution in [3.8, 4) is 0 Å². The minimum Gasteiger partial charge on any atom is -0.459 e. The maximum absolute atomic E-state index is 13.3. The third kappa shape index (κ3) is 6.59. The zero-order valence-corrected chi connectivity index (χ0v) is 20.7. The highest BCUT2D eigenvalue weighted by Gasteiger charge is 2.32. The lowest BCUT2D eigenvalue weighted by atomic mass is 9.96. The van der Waals surface area contributed by atoms with Crippen molar-refractivity contribution in [1.82, 2.24) is 20.1 Å². The van der Waals surface area contributed by atoms with Crippen LogP contribution in [-0.4, -0.2) is 77.9 Å². The van der Waals surface area contributed by atoms with E-state index >= 15 is 0 Å². The first-order chi connectivity index (χ1) is 15.8. The average molecular weight is 461 g/mol. The van der Waals surface area contributed by atoms with Crippen molar-refractivity contribution in [2.24, 2.45) is 5.92 Å². The Hall–Kier alpha value is -2.35. The third-order valence-electron chi connectivity index (χ3n) is 6.70. The molecule has 0 aliphatic carbocycles. The van der Waals surface area contributed by atoms with Gasteiger partial charge in [0.1, 0.15) is 5.69 Å². The molecule has 33 heavy (non-hydrogen) atoms. The fourth-order valence-corrected chi connectivity index (χ4v) is 4.92. The molecule has 0 saturated carbocycles. The highest BCUT2D eigenvalue weighted by molar-refractivity contribution is 6.00. The number of nitrogens with one attached hydrogen (secondary N) is 2. The number of hydrogen-bond donors (Lipinski definition) is 2. The third-order valence-corrected chi connectivity index (χ3v) is 6.70. The molecule has 8 nitrogen and oxygen atoms in total. The van der Waals surface area contributed by atoms with Crippen molar-refractivity contribution in [2.75, 3.05) is 39.3 Å². The zero-order valence-electron chi connectivity index (χ0n) is 20.7. The fourth-order valence-electron chi connectivity index (χ4n) is 4.92. The number of rotatable bonds is 7. The number of aromatic amines is 1. The molecule has 3 rings (SSSR count). The van der Waals surface area contributed by atoms with E-state index in [9.17, 15) is 14.4 Å². The number of esters is 1. The Kier molecular flexibility index (Phi) is 8.95. The maximum atomic E-state index is 13.3. The molecule has 2 aliphatic heterocycles. The molecule has 2 amide bonds. The minimum atomic E-state index is -0.421. The Labute approximate surface area is 197 Å². The fraction of sp³-hybridized carbons (Fsp3) is 0.720. The minimum absolute atomic E-state index is 0.0305. The van der Waals surface area contributed by atoms with Gasteiger partial charge in [-0.1, -0.05) is 12.8 Å². The van der Waals surface area contributed by atoms with Gasteiger partial charge in [0.05, 0.1) is 17.6 Å². The number of hydrogen-bond acceptors (Lipinski definition) is 5. The molecule has 2 fully saturated rings. The number of likely N-dealkylation sites (tertiary alicyclic amines) is 2. The standard InChI is InChI=1S/C25H40N4O4/c1-17(2)33-25(32)21-18(3)22(27-19(21)4)24(31)29-14-9-10-20(16-29)23(30)26-11-15-28-12-7-5-6-8-13-28/h17,20,27H,5-16H2,1-4H3,(H,26,30)/t20-/m1/s1. The molecule has 0 bridgehead atoms. The van der Waals surface area contributed by atoms with E-state index in [0.717, 1.165) is 32.5 Å². The summed E-state index contributed by atoms with van der Waals surface area (Å²) in [5.74, 6) is -0.756. The van der Waals surface area contributed by atoms with E-state index in [1.165, 1.54) is 25.7 Å². The molecule has 2 aliphatic rings. The number of nitrogens with zero attached hydrogens (tertiary/aromatic N) is 2. The predicted molar refractivity (Wildman–Crippen MR) is 127 cm³/mol. The van der Waals surface area contributed by atoms with Crippen molar-refractivity contribution in [1.29, 1.82) is 0 Å². The quantitative estimate of drug-likeness (QED) is 0.610. The van der Waals surface area contributed by atoms with E-state index < -0.39 is 5.97 Å². The Morgan fingerprint density at radius 3 is 2.42 bits per heavy atom. The molecule has 3 heterocycles. The first-order valence-corrected chi connectivity index (χ1v) is 12.5. The highest BCUT2D eigenvalue weighted by atomic mass is 16.5. The molecular weight excluding hydrogens is 420 g/mol. The summed E-state index contributed by atoms with van der Waals surface area (Å²) in [4.78, 5) is 45.8. The second-order valence-corrected chi connectivity index (χ2v) is 9.72. The summed E-state index contributed by atoms with van der Waals surface area (Å²) in [6.07, 6.45) is 6.42. The van der Waals surface area contributed by atoms with Crippen LogP contribution in [0.25, 0.3) is 0 Å². The Bertz CT molecular complexity index is 840. The van der Waals surface area contributed by atoms with E-state index in [1.54, 1.807) is 32.6 Å². The Balaban J connectivity index is 1.56. The van der Waals surface area contributed by atoms with Crippen LogP contribution in [0.4, 0.5) is 0 Å². The summed E-state index contributed by atoms with van der Waals surface area (Å²) in [6, 6.07) is 0. The van der Waals surface area contributed by atoms with E-state index in [1.807, 2.05) is 0 Å². The number of amides is 2.